The van der Waals surface area contributed by atoms with Gasteiger partial charge in [-0.1, -0.05) is 12.1 Å². The highest BCUT2D eigenvalue weighted by atomic mass is 19.2. The number of hydrogen-bond donors (Lipinski definition) is 1. The molecule has 2 heterocycles. The Labute approximate surface area is 144 Å². The van der Waals surface area contributed by atoms with Crippen molar-refractivity contribution in [1.82, 2.24) is 9.88 Å². The first kappa shape index (κ1) is 17.3. The summed E-state index contributed by atoms with van der Waals surface area (Å²) in [6.07, 6.45) is 4.07. The van der Waals surface area contributed by atoms with Crippen LogP contribution >= 0.6 is 0 Å². The van der Waals surface area contributed by atoms with Gasteiger partial charge in [0.2, 0.25) is 0 Å². The number of benzene rings is 1. The molecule has 0 amide bonds. The third-order valence-electron chi connectivity index (χ3n) is 3.85. The molecule has 0 fully saturated rings. The van der Waals surface area contributed by atoms with Gasteiger partial charge in [0.25, 0.3) is 0 Å². The second-order valence-corrected chi connectivity index (χ2v) is 5.80. The summed E-state index contributed by atoms with van der Waals surface area (Å²) in [5, 5.41) is 10.4. The van der Waals surface area contributed by atoms with E-state index < -0.39 is 17.7 Å². The maximum Gasteiger partial charge on any atom is 0.159 e. The van der Waals surface area contributed by atoms with Crippen LogP contribution in [0.2, 0.25) is 0 Å². The molecule has 1 aromatic carbocycles. The van der Waals surface area contributed by atoms with E-state index in [1.54, 1.807) is 24.7 Å². The van der Waals surface area contributed by atoms with Crippen molar-refractivity contribution in [2.45, 2.75) is 19.2 Å². The van der Waals surface area contributed by atoms with E-state index in [2.05, 4.69) is 4.98 Å². The Bertz CT molecular complexity index is 794. The van der Waals surface area contributed by atoms with E-state index >= 15 is 0 Å². The molecule has 0 aliphatic rings. The minimum absolute atomic E-state index is 0.237. The van der Waals surface area contributed by atoms with Gasteiger partial charge in [0, 0.05) is 25.5 Å². The topological polar surface area (TPSA) is 49.5 Å². The zero-order chi connectivity index (χ0) is 17.6. The van der Waals surface area contributed by atoms with Crippen LogP contribution in [0, 0.1) is 11.6 Å². The maximum atomic E-state index is 13.4. The van der Waals surface area contributed by atoms with Crippen LogP contribution in [-0.2, 0) is 13.1 Å². The molecule has 0 spiro atoms. The van der Waals surface area contributed by atoms with E-state index in [9.17, 15) is 13.9 Å². The highest BCUT2D eigenvalue weighted by molar-refractivity contribution is 5.20. The van der Waals surface area contributed by atoms with E-state index in [1.807, 2.05) is 23.1 Å². The van der Waals surface area contributed by atoms with Gasteiger partial charge in [-0.05, 0) is 41.5 Å². The van der Waals surface area contributed by atoms with Crippen molar-refractivity contribution in [3.8, 4) is 0 Å². The molecule has 0 saturated carbocycles. The SMILES string of the molecule is OC(CN(Cc1cccnc1)Cc1ccco1)c1ccc(F)c(F)c1. The Morgan fingerprint density at radius 3 is 2.64 bits per heavy atom. The Morgan fingerprint density at radius 1 is 1.08 bits per heavy atom. The predicted molar refractivity (Wildman–Crippen MR) is 88.4 cm³/mol. The molecule has 4 nitrogen and oxygen atoms in total. The predicted octanol–water partition coefficient (Wildman–Crippen LogP) is 3.69. The number of aliphatic hydroxyl groups is 1. The molecule has 6 heteroatoms. The van der Waals surface area contributed by atoms with Gasteiger partial charge in [-0.25, -0.2) is 8.78 Å². The van der Waals surface area contributed by atoms with Crippen molar-refractivity contribution < 1.29 is 18.3 Å². The van der Waals surface area contributed by atoms with Crippen molar-refractivity contribution in [2.75, 3.05) is 6.54 Å². The second kappa shape index (κ2) is 8.00. The summed E-state index contributed by atoms with van der Waals surface area (Å²) in [5.74, 6) is -1.15. The van der Waals surface area contributed by atoms with Crippen molar-refractivity contribution in [3.05, 3.63) is 89.6 Å². The first-order valence-corrected chi connectivity index (χ1v) is 7.88. The number of hydrogen-bond acceptors (Lipinski definition) is 4. The highest BCUT2D eigenvalue weighted by Gasteiger charge is 2.17. The third kappa shape index (κ3) is 4.71. The third-order valence-corrected chi connectivity index (χ3v) is 3.85. The standard InChI is InChI=1S/C19H18F2N2O2/c20-17-6-5-15(9-18(17)21)19(24)13-23(12-16-4-2-8-25-16)11-14-3-1-7-22-10-14/h1-10,19,24H,11-13H2. The number of aromatic nitrogens is 1. The van der Waals surface area contributed by atoms with E-state index in [1.165, 1.54) is 6.07 Å². The molecular weight excluding hydrogens is 326 g/mol. The molecule has 25 heavy (non-hydrogen) atoms. The van der Waals surface area contributed by atoms with Crippen LogP contribution in [0.15, 0.2) is 65.5 Å². The van der Waals surface area contributed by atoms with Crippen molar-refractivity contribution >= 4 is 0 Å². The first-order chi connectivity index (χ1) is 12.1. The summed E-state index contributed by atoms with van der Waals surface area (Å²) in [5.41, 5.74) is 1.31. The molecule has 130 valence electrons. The number of pyridine rings is 1. The Hall–Kier alpha value is -2.57. The summed E-state index contributed by atoms with van der Waals surface area (Å²) in [7, 11) is 0. The fourth-order valence-corrected chi connectivity index (χ4v) is 2.63. The van der Waals surface area contributed by atoms with Gasteiger partial charge in [0.15, 0.2) is 11.6 Å². The Balaban J connectivity index is 1.74. The summed E-state index contributed by atoms with van der Waals surface area (Å²) in [4.78, 5) is 6.05. The van der Waals surface area contributed by atoms with E-state index in [4.69, 9.17) is 4.42 Å². The summed E-state index contributed by atoms with van der Waals surface area (Å²) >= 11 is 0. The lowest BCUT2D eigenvalue weighted by molar-refractivity contribution is 0.100. The summed E-state index contributed by atoms with van der Waals surface area (Å²) in [6.45, 7) is 1.25. The highest BCUT2D eigenvalue weighted by Crippen LogP contribution is 2.20. The van der Waals surface area contributed by atoms with Gasteiger partial charge in [0.1, 0.15) is 5.76 Å². The van der Waals surface area contributed by atoms with Crippen molar-refractivity contribution in [2.24, 2.45) is 0 Å². The van der Waals surface area contributed by atoms with E-state index in [-0.39, 0.29) is 6.54 Å². The molecule has 0 radical (unpaired) electrons. The maximum absolute atomic E-state index is 13.4. The van der Waals surface area contributed by atoms with Crippen LogP contribution in [0.4, 0.5) is 8.78 Å². The van der Waals surface area contributed by atoms with Crippen LogP contribution in [0.3, 0.4) is 0 Å². The molecular formula is C19H18F2N2O2. The number of furan rings is 1. The van der Waals surface area contributed by atoms with Gasteiger partial charge in [-0.3, -0.25) is 9.88 Å². The molecule has 0 aliphatic carbocycles. The van der Waals surface area contributed by atoms with Crippen LogP contribution < -0.4 is 0 Å². The fraction of sp³-hybridized carbons (Fsp3) is 0.211. The van der Waals surface area contributed by atoms with Gasteiger partial charge in [-0.2, -0.15) is 0 Å². The van der Waals surface area contributed by atoms with Crippen LogP contribution in [0.1, 0.15) is 23.0 Å². The number of rotatable bonds is 7. The monoisotopic (exact) mass is 344 g/mol. The fourth-order valence-electron chi connectivity index (χ4n) is 2.63. The summed E-state index contributed by atoms with van der Waals surface area (Å²) < 4.78 is 31.9. The number of aliphatic hydroxyl groups excluding tert-OH is 1. The minimum Gasteiger partial charge on any atom is -0.468 e. The van der Waals surface area contributed by atoms with Gasteiger partial charge in [0.05, 0.1) is 18.9 Å². The molecule has 3 aromatic rings. The Kier molecular flexibility index (Phi) is 5.53. The number of nitrogens with zero attached hydrogens (tertiary/aromatic N) is 2. The molecule has 0 saturated heterocycles. The van der Waals surface area contributed by atoms with Gasteiger partial charge in [-0.15, -0.1) is 0 Å². The molecule has 1 atom stereocenters. The average molecular weight is 344 g/mol. The zero-order valence-corrected chi connectivity index (χ0v) is 13.5. The molecule has 1 unspecified atom stereocenters. The van der Waals surface area contributed by atoms with E-state index in [0.29, 0.717) is 18.7 Å². The molecule has 0 aliphatic heterocycles. The van der Waals surface area contributed by atoms with Gasteiger partial charge < -0.3 is 9.52 Å². The molecule has 2 aromatic heterocycles. The van der Waals surface area contributed by atoms with Crippen molar-refractivity contribution in [3.63, 3.8) is 0 Å². The lowest BCUT2D eigenvalue weighted by Crippen LogP contribution is -2.28. The lowest BCUT2D eigenvalue weighted by Gasteiger charge is -2.24. The zero-order valence-electron chi connectivity index (χ0n) is 13.5. The van der Waals surface area contributed by atoms with Crippen LogP contribution in [0.5, 0.6) is 0 Å². The smallest absolute Gasteiger partial charge is 0.159 e. The van der Waals surface area contributed by atoms with E-state index in [0.717, 1.165) is 23.5 Å². The molecule has 0 bridgehead atoms. The first-order valence-electron chi connectivity index (χ1n) is 7.88. The normalized spacial score (nSPS) is 12.5. The summed E-state index contributed by atoms with van der Waals surface area (Å²) in [6, 6.07) is 10.8. The van der Waals surface area contributed by atoms with Crippen LogP contribution in [0.25, 0.3) is 0 Å². The minimum atomic E-state index is -0.971. The second-order valence-electron chi connectivity index (χ2n) is 5.80. The molecule has 1 N–H and O–H groups in total. The quantitative estimate of drug-likeness (QED) is 0.710. The lowest BCUT2D eigenvalue weighted by atomic mass is 10.1. The van der Waals surface area contributed by atoms with Crippen molar-refractivity contribution in [1.29, 1.82) is 0 Å². The average Bonchev–Trinajstić information content (AvgIpc) is 3.11. The largest absolute Gasteiger partial charge is 0.468 e. The molecule has 3 rings (SSSR count). The van der Waals surface area contributed by atoms with Gasteiger partial charge >= 0.3 is 0 Å². The Morgan fingerprint density at radius 2 is 1.96 bits per heavy atom. The van der Waals surface area contributed by atoms with Crippen LogP contribution in [-0.4, -0.2) is 21.5 Å². The number of halogens is 2.